The molecular formula is C23H23ClN2O2S. The third-order valence-electron chi connectivity index (χ3n) is 6.12. The number of thiophene rings is 1. The normalized spacial score (nSPS) is 14.7. The summed E-state index contributed by atoms with van der Waals surface area (Å²) in [5, 5.41) is 3.99. The van der Waals surface area contributed by atoms with Crippen molar-refractivity contribution in [1.29, 1.82) is 0 Å². The van der Waals surface area contributed by atoms with Crippen molar-refractivity contribution in [2.75, 3.05) is 13.7 Å². The molecule has 2 aromatic carbocycles. The summed E-state index contributed by atoms with van der Waals surface area (Å²) in [6.45, 7) is 2.70. The molecule has 2 aromatic heterocycles. The van der Waals surface area contributed by atoms with Crippen LogP contribution in [0.3, 0.4) is 0 Å². The molecule has 0 atom stereocenters. The van der Waals surface area contributed by atoms with Gasteiger partial charge in [-0.1, -0.05) is 24.3 Å². The van der Waals surface area contributed by atoms with E-state index >= 15 is 0 Å². The molecule has 1 saturated carbocycles. The standard InChI is InChI=1S/C23H22N2O2S.ClH/c1-13-11-17(27-2)18(14-3-5-15(6-4-14)23(12-24)8-9-23)19-16-7-10-28-21(16)22(26)25-20(13)19;/h3-7,10-11H,8-9,12,24H2,1-2H3,(H,25,26);1H. The van der Waals surface area contributed by atoms with E-state index in [0.29, 0.717) is 6.54 Å². The smallest absolute Gasteiger partial charge is 0.266 e. The quantitative estimate of drug-likeness (QED) is 0.474. The van der Waals surface area contributed by atoms with Gasteiger partial charge < -0.3 is 15.5 Å². The second kappa shape index (κ2) is 7.17. The van der Waals surface area contributed by atoms with Crippen LogP contribution in [0.2, 0.25) is 0 Å². The molecule has 0 spiro atoms. The van der Waals surface area contributed by atoms with Gasteiger partial charge >= 0.3 is 0 Å². The molecule has 4 nitrogen and oxygen atoms in total. The van der Waals surface area contributed by atoms with E-state index in [4.69, 9.17) is 10.5 Å². The lowest BCUT2D eigenvalue weighted by Gasteiger charge is -2.17. The van der Waals surface area contributed by atoms with Crippen molar-refractivity contribution in [3.8, 4) is 16.9 Å². The zero-order valence-corrected chi connectivity index (χ0v) is 18.0. The Kier molecular flexibility index (Phi) is 4.93. The van der Waals surface area contributed by atoms with E-state index in [0.717, 1.165) is 56.3 Å². The number of rotatable bonds is 4. The van der Waals surface area contributed by atoms with Gasteiger partial charge in [0.1, 0.15) is 10.4 Å². The second-order valence-corrected chi connectivity index (χ2v) is 8.62. The minimum atomic E-state index is -0.0364. The van der Waals surface area contributed by atoms with Gasteiger partial charge in [0.2, 0.25) is 0 Å². The van der Waals surface area contributed by atoms with Gasteiger partial charge in [-0.25, -0.2) is 0 Å². The summed E-state index contributed by atoms with van der Waals surface area (Å²) in [5.41, 5.74) is 11.4. The van der Waals surface area contributed by atoms with Gasteiger partial charge in [0.25, 0.3) is 5.56 Å². The Labute approximate surface area is 179 Å². The van der Waals surface area contributed by atoms with Gasteiger partial charge in [0.15, 0.2) is 0 Å². The van der Waals surface area contributed by atoms with Crippen molar-refractivity contribution in [3.63, 3.8) is 0 Å². The highest BCUT2D eigenvalue weighted by molar-refractivity contribution is 7.17. The Morgan fingerprint density at radius 3 is 2.55 bits per heavy atom. The first-order chi connectivity index (χ1) is 13.6. The summed E-state index contributed by atoms with van der Waals surface area (Å²) < 4.78 is 6.52. The van der Waals surface area contributed by atoms with Gasteiger partial charge in [-0.15, -0.1) is 23.7 Å². The molecule has 150 valence electrons. The number of fused-ring (bicyclic) bond motifs is 3. The second-order valence-electron chi connectivity index (χ2n) is 7.70. The van der Waals surface area contributed by atoms with E-state index in [1.54, 1.807) is 7.11 Å². The molecule has 0 radical (unpaired) electrons. The third kappa shape index (κ3) is 2.96. The lowest BCUT2D eigenvalue weighted by Crippen LogP contribution is -2.19. The number of aromatic amines is 1. The van der Waals surface area contributed by atoms with Crippen LogP contribution in [0.5, 0.6) is 5.75 Å². The van der Waals surface area contributed by atoms with Crippen LogP contribution in [-0.4, -0.2) is 18.6 Å². The van der Waals surface area contributed by atoms with Crippen LogP contribution >= 0.6 is 23.7 Å². The molecule has 3 N–H and O–H groups in total. The lowest BCUT2D eigenvalue weighted by molar-refractivity contribution is 0.416. The molecule has 0 aliphatic heterocycles. The molecule has 4 aromatic rings. The first-order valence-corrected chi connectivity index (χ1v) is 10.4. The van der Waals surface area contributed by atoms with E-state index in [1.165, 1.54) is 16.9 Å². The third-order valence-corrected chi connectivity index (χ3v) is 7.03. The molecule has 0 amide bonds. The Morgan fingerprint density at radius 2 is 1.93 bits per heavy atom. The van der Waals surface area contributed by atoms with Crippen LogP contribution in [0.15, 0.2) is 46.6 Å². The molecule has 1 aliphatic carbocycles. The largest absolute Gasteiger partial charge is 0.496 e. The first-order valence-electron chi connectivity index (χ1n) is 9.50. The summed E-state index contributed by atoms with van der Waals surface area (Å²) in [7, 11) is 1.70. The number of methoxy groups -OCH3 is 1. The summed E-state index contributed by atoms with van der Waals surface area (Å²) in [6, 6.07) is 12.7. The Hall–Kier alpha value is -2.34. The number of H-pyrrole nitrogens is 1. The van der Waals surface area contributed by atoms with Gasteiger partial charge in [-0.3, -0.25) is 4.79 Å². The molecule has 0 unspecified atom stereocenters. The summed E-state index contributed by atoms with van der Waals surface area (Å²) in [6.07, 6.45) is 2.33. The van der Waals surface area contributed by atoms with E-state index in [2.05, 4.69) is 29.2 Å². The Morgan fingerprint density at radius 1 is 1.21 bits per heavy atom. The molecule has 1 fully saturated rings. The topological polar surface area (TPSA) is 68.1 Å². The van der Waals surface area contributed by atoms with Crippen molar-refractivity contribution in [2.24, 2.45) is 5.73 Å². The first kappa shape index (κ1) is 20.0. The number of halogens is 1. The number of aryl methyl sites for hydroxylation is 1. The average molecular weight is 427 g/mol. The molecule has 0 saturated heterocycles. The highest BCUT2D eigenvalue weighted by Gasteiger charge is 2.42. The van der Waals surface area contributed by atoms with E-state index in [1.807, 2.05) is 24.4 Å². The van der Waals surface area contributed by atoms with Crippen LogP contribution < -0.4 is 16.0 Å². The zero-order chi connectivity index (χ0) is 19.5. The minimum absolute atomic E-state index is 0. The number of hydrogen-bond acceptors (Lipinski definition) is 4. The van der Waals surface area contributed by atoms with Gasteiger partial charge in [-0.05, 0) is 54.0 Å². The van der Waals surface area contributed by atoms with Crippen molar-refractivity contribution in [3.05, 3.63) is 63.3 Å². The molecule has 1 aliphatic rings. The Balaban J connectivity index is 0.00000205. The van der Waals surface area contributed by atoms with Crippen molar-refractivity contribution < 1.29 is 4.74 Å². The lowest BCUT2D eigenvalue weighted by atomic mass is 9.91. The van der Waals surface area contributed by atoms with E-state index in [9.17, 15) is 4.79 Å². The van der Waals surface area contributed by atoms with Crippen LogP contribution in [0.4, 0.5) is 0 Å². The molecule has 2 heterocycles. The molecule has 6 heteroatoms. The maximum absolute atomic E-state index is 12.5. The predicted molar refractivity (Wildman–Crippen MR) is 124 cm³/mol. The highest BCUT2D eigenvalue weighted by Crippen LogP contribution is 2.48. The fourth-order valence-electron chi connectivity index (χ4n) is 4.27. The van der Waals surface area contributed by atoms with Crippen molar-refractivity contribution >= 4 is 44.7 Å². The number of ether oxygens (including phenoxy) is 1. The zero-order valence-electron chi connectivity index (χ0n) is 16.4. The monoisotopic (exact) mass is 426 g/mol. The number of nitrogens with two attached hydrogens (primary N) is 1. The number of benzene rings is 2. The van der Waals surface area contributed by atoms with Crippen LogP contribution in [0.1, 0.15) is 24.0 Å². The number of hydrogen-bond donors (Lipinski definition) is 2. The molecule has 0 bridgehead atoms. The number of pyridine rings is 1. The maximum Gasteiger partial charge on any atom is 0.266 e. The number of aromatic nitrogens is 1. The van der Waals surface area contributed by atoms with Crippen molar-refractivity contribution in [1.82, 2.24) is 4.98 Å². The van der Waals surface area contributed by atoms with Gasteiger partial charge in [-0.2, -0.15) is 0 Å². The van der Waals surface area contributed by atoms with E-state index in [-0.39, 0.29) is 23.4 Å². The van der Waals surface area contributed by atoms with Crippen LogP contribution in [0.25, 0.3) is 32.1 Å². The van der Waals surface area contributed by atoms with Gasteiger partial charge in [0, 0.05) is 28.3 Å². The molecular weight excluding hydrogens is 404 g/mol. The van der Waals surface area contributed by atoms with Crippen LogP contribution in [-0.2, 0) is 5.41 Å². The van der Waals surface area contributed by atoms with E-state index < -0.39 is 0 Å². The summed E-state index contributed by atoms with van der Waals surface area (Å²) in [4.78, 5) is 15.6. The maximum atomic E-state index is 12.5. The summed E-state index contributed by atoms with van der Waals surface area (Å²) in [5.74, 6) is 0.817. The number of nitrogens with one attached hydrogen (secondary N) is 1. The summed E-state index contributed by atoms with van der Waals surface area (Å²) >= 11 is 1.47. The fraction of sp³-hybridized carbons (Fsp3) is 0.261. The fourth-order valence-corrected chi connectivity index (χ4v) is 5.06. The Bertz CT molecular complexity index is 1270. The SMILES string of the molecule is COc1cc(C)c2[nH]c(=O)c3sccc3c2c1-c1ccc(C2(CN)CC2)cc1.Cl. The molecule has 29 heavy (non-hydrogen) atoms. The highest BCUT2D eigenvalue weighted by atomic mass is 35.5. The average Bonchev–Trinajstić information content (AvgIpc) is 3.36. The minimum Gasteiger partial charge on any atom is -0.496 e. The van der Waals surface area contributed by atoms with Crippen LogP contribution in [0, 0.1) is 6.92 Å². The van der Waals surface area contributed by atoms with Crippen molar-refractivity contribution in [2.45, 2.75) is 25.2 Å². The predicted octanol–water partition coefficient (Wildman–Crippen LogP) is 5.14. The van der Waals surface area contributed by atoms with Gasteiger partial charge in [0.05, 0.1) is 12.6 Å². The molecule has 5 rings (SSSR count).